The number of hydrogen-bond acceptors (Lipinski definition) is 5. The normalized spacial score (nSPS) is 20.5. The van der Waals surface area contributed by atoms with Gasteiger partial charge in [-0.2, -0.15) is 0 Å². The van der Waals surface area contributed by atoms with Crippen molar-refractivity contribution in [1.29, 1.82) is 0 Å². The Labute approximate surface area is 160 Å². The molecule has 2 fully saturated rings. The summed E-state index contributed by atoms with van der Waals surface area (Å²) < 4.78 is 2.26. The van der Waals surface area contributed by atoms with Gasteiger partial charge in [-0.25, -0.2) is 9.97 Å². The third kappa shape index (κ3) is 3.68. The molecule has 144 valence electrons. The van der Waals surface area contributed by atoms with Crippen molar-refractivity contribution >= 4 is 11.7 Å². The van der Waals surface area contributed by atoms with Gasteiger partial charge in [0.05, 0.1) is 12.4 Å². The fourth-order valence-corrected chi connectivity index (χ4v) is 4.17. The van der Waals surface area contributed by atoms with E-state index in [0.717, 1.165) is 63.5 Å². The molecule has 4 heterocycles. The molecule has 4 rings (SSSR count). The highest BCUT2D eigenvalue weighted by Crippen LogP contribution is 2.29. The lowest BCUT2D eigenvalue weighted by atomic mass is 9.97. The van der Waals surface area contributed by atoms with Gasteiger partial charge in [0.25, 0.3) is 5.91 Å². The van der Waals surface area contributed by atoms with Gasteiger partial charge in [0.2, 0.25) is 0 Å². The zero-order valence-electron chi connectivity index (χ0n) is 16.2. The van der Waals surface area contributed by atoms with Gasteiger partial charge in [-0.15, -0.1) is 0 Å². The molecule has 1 unspecified atom stereocenters. The number of carbonyl (C=O) groups excluding carboxylic acids is 1. The predicted octanol–water partition coefficient (Wildman–Crippen LogP) is 2.87. The van der Waals surface area contributed by atoms with E-state index in [9.17, 15) is 4.79 Å². The highest BCUT2D eigenvalue weighted by Gasteiger charge is 2.27. The maximum absolute atomic E-state index is 12.6. The van der Waals surface area contributed by atoms with Crippen LogP contribution >= 0.6 is 0 Å². The summed E-state index contributed by atoms with van der Waals surface area (Å²) in [6.07, 6.45) is 11.7. The molecule has 2 aromatic rings. The van der Waals surface area contributed by atoms with E-state index in [1.165, 1.54) is 0 Å². The number of rotatable bonds is 4. The summed E-state index contributed by atoms with van der Waals surface area (Å²) in [7, 11) is 0. The SMILES string of the molecule is CC(C)n1ccnc1C1CCCN(c2cncc(C(=O)N3CCCC3)n2)C1. The van der Waals surface area contributed by atoms with Crippen LogP contribution < -0.4 is 4.90 Å². The number of hydrogen-bond donors (Lipinski definition) is 0. The zero-order chi connectivity index (χ0) is 18.8. The van der Waals surface area contributed by atoms with Crippen LogP contribution in [0.2, 0.25) is 0 Å². The van der Waals surface area contributed by atoms with Crippen LogP contribution in [0.25, 0.3) is 0 Å². The van der Waals surface area contributed by atoms with Crippen molar-refractivity contribution in [3.63, 3.8) is 0 Å². The zero-order valence-corrected chi connectivity index (χ0v) is 16.2. The van der Waals surface area contributed by atoms with E-state index >= 15 is 0 Å². The first kappa shape index (κ1) is 17.9. The number of piperidine rings is 1. The summed E-state index contributed by atoms with van der Waals surface area (Å²) in [5.74, 6) is 2.32. The number of aromatic nitrogens is 4. The van der Waals surface area contributed by atoms with Gasteiger partial charge in [-0.1, -0.05) is 0 Å². The second-order valence-electron chi connectivity index (χ2n) is 7.83. The maximum Gasteiger partial charge on any atom is 0.274 e. The van der Waals surface area contributed by atoms with E-state index in [1.807, 2.05) is 11.1 Å². The molecule has 7 nitrogen and oxygen atoms in total. The number of nitrogens with zero attached hydrogens (tertiary/aromatic N) is 6. The molecule has 0 bridgehead atoms. The van der Waals surface area contributed by atoms with Crippen LogP contribution in [-0.4, -0.2) is 56.5 Å². The Kier molecular flexibility index (Phi) is 5.09. The van der Waals surface area contributed by atoms with Gasteiger partial charge in [0.15, 0.2) is 0 Å². The standard InChI is InChI=1S/C20H28N6O/c1-15(2)26-11-7-22-19(26)16-6-5-10-25(14-16)18-13-21-12-17(23-18)20(27)24-8-3-4-9-24/h7,11-13,15-16H,3-6,8-10,14H2,1-2H3. The number of amides is 1. The predicted molar refractivity (Wildman–Crippen MR) is 104 cm³/mol. The smallest absolute Gasteiger partial charge is 0.274 e. The quantitative estimate of drug-likeness (QED) is 0.830. The Morgan fingerprint density at radius 2 is 1.96 bits per heavy atom. The Hall–Kier alpha value is -2.44. The van der Waals surface area contributed by atoms with Gasteiger partial charge in [0.1, 0.15) is 17.3 Å². The van der Waals surface area contributed by atoms with Crippen LogP contribution in [-0.2, 0) is 0 Å². The van der Waals surface area contributed by atoms with Crippen LogP contribution in [0.3, 0.4) is 0 Å². The van der Waals surface area contributed by atoms with Crippen LogP contribution in [0.4, 0.5) is 5.82 Å². The average Bonchev–Trinajstić information content (AvgIpc) is 3.39. The monoisotopic (exact) mass is 368 g/mol. The lowest BCUT2D eigenvalue weighted by Gasteiger charge is -2.33. The molecule has 2 saturated heterocycles. The molecule has 1 amide bonds. The third-order valence-electron chi connectivity index (χ3n) is 5.60. The Morgan fingerprint density at radius 1 is 1.15 bits per heavy atom. The summed E-state index contributed by atoms with van der Waals surface area (Å²) >= 11 is 0. The van der Waals surface area contributed by atoms with Gasteiger partial charge in [-0.05, 0) is 39.5 Å². The van der Waals surface area contributed by atoms with E-state index in [1.54, 1.807) is 12.4 Å². The fraction of sp³-hybridized carbons (Fsp3) is 0.600. The minimum atomic E-state index is 0.00533. The first-order valence-electron chi connectivity index (χ1n) is 10.0. The van der Waals surface area contributed by atoms with E-state index in [4.69, 9.17) is 0 Å². The summed E-state index contributed by atoms with van der Waals surface area (Å²) in [6, 6.07) is 0.402. The van der Waals surface area contributed by atoms with E-state index in [0.29, 0.717) is 17.7 Å². The lowest BCUT2D eigenvalue weighted by Crippen LogP contribution is -2.36. The third-order valence-corrected chi connectivity index (χ3v) is 5.60. The lowest BCUT2D eigenvalue weighted by molar-refractivity contribution is 0.0786. The molecule has 0 spiro atoms. The molecule has 0 aromatic carbocycles. The molecule has 7 heteroatoms. The minimum absolute atomic E-state index is 0.00533. The maximum atomic E-state index is 12.6. The largest absolute Gasteiger partial charge is 0.355 e. The van der Waals surface area contributed by atoms with Crippen molar-refractivity contribution in [2.24, 2.45) is 0 Å². The summed E-state index contributed by atoms with van der Waals surface area (Å²) in [4.78, 5) is 30.4. The van der Waals surface area contributed by atoms with E-state index in [-0.39, 0.29) is 5.91 Å². The van der Waals surface area contributed by atoms with Crippen molar-refractivity contribution in [2.75, 3.05) is 31.1 Å². The molecule has 2 aliphatic rings. The highest BCUT2D eigenvalue weighted by atomic mass is 16.2. The van der Waals surface area contributed by atoms with Crippen LogP contribution in [0.15, 0.2) is 24.8 Å². The second-order valence-corrected chi connectivity index (χ2v) is 7.83. The Balaban J connectivity index is 1.52. The van der Waals surface area contributed by atoms with Crippen LogP contribution in [0.5, 0.6) is 0 Å². The number of imidazole rings is 1. The van der Waals surface area contributed by atoms with E-state index in [2.05, 4.69) is 44.5 Å². The molecule has 1 atom stereocenters. The molecule has 27 heavy (non-hydrogen) atoms. The van der Waals surface area contributed by atoms with Crippen molar-refractivity contribution in [3.05, 3.63) is 36.3 Å². The van der Waals surface area contributed by atoms with Crippen LogP contribution in [0.1, 0.15) is 67.8 Å². The summed E-state index contributed by atoms with van der Waals surface area (Å²) in [5.41, 5.74) is 0.459. The second kappa shape index (κ2) is 7.66. The van der Waals surface area contributed by atoms with Gasteiger partial charge in [0, 0.05) is 50.5 Å². The number of carbonyl (C=O) groups is 1. The minimum Gasteiger partial charge on any atom is -0.355 e. The van der Waals surface area contributed by atoms with Gasteiger partial charge < -0.3 is 14.4 Å². The fourth-order valence-electron chi connectivity index (χ4n) is 4.17. The molecule has 2 aliphatic heterocycles. The summed E-state index contributed by atoms with van der Waals surface area (Å²) in [6.45, 7) is 7.83. The van der Waals surface area contributed by atoms with Gasteiger partial charge in [-0.3, -0.25) is 9.78 Å². The van der Waals surface area contributed by atoms with Crippen molar-refractivity contribution in [3.8, 4) is 0 Å². The number of anilines is 1. The Morgan fingerprint density at radius 3 is 2.74 bits per heavy atom. The molecule has 0 radical (unpaired) electrons. The summed E-state index contributed by atoms with van der Waals surface area (Å²) in [5, 5.41) is 0. The average molecular weight is 368 g/mol. The van der Waals surface area contributed by atoms with Crippen molar-refractivity contribution < 1.29 is 4.79 Å². The number of likely N-dealkylation sites (tertiary alicyclic amines) is 1. The molecule has 0 aliphatic carbocycles. The first-order valence-corrected chi connectivity index (χ1v) is 10.0. The van der Waals surface area contributed by atoms with E-state index < -0.39 is 0 Å². The van der Waals surface area contributed by atoms with Crippen LogP contribution in [0, 0.1) is 0 Å². The van der Waals surface area contributed by atoms with Crippen molar-refractivity contribution in [1.82, 2.24) is 24.4 Å². The molecule has 0 saturated carbocycles. The molecular formula is C20H28N6O. The topological polar surface area (TPSA) is 67.2 Å². The van der Waals surface area contributed by atoms with Crippen molar-refractivity contribution in [2.45, 2.75) is 51.5 Å². The highest BCUT2D eigenvalue weighted by molar-refractivity contribution is 5.92. The molecule has 0 N–H and O–H groups in total. The van der Waals surface area contributed by atoms with Gasteiger partial charge >= 0.3 is 0 Å². The molecular weight excluding hydrogens is 340 g/mol. The Bertz CT molecular complexity index is 795. The first-order chi connectivity index (χ1) is 13.1. The molecule has 2 aromatic heterocycles.